The van der Waals surface area contributed by atoms with E-state index in [0.29, 0.717) is 13.0 Å². The fourth-order valence-corrected chi connectivity index (χ4v) is 4.99. The quantitative estimate of drug-likeness (QED) is 0.519. The van der Waals surface area contributed by atoms with Gasteiger partial charge in [-0.3, -0.25) is 14.5 Å². The molecule has 3 aliphatic heterocycles. The van der Waals surface area contributed by atoms with E-state index in [1.165, 1.54) is 7.11 Å². The summed E-state index contributed by atoms with van der Waals surface area (Å²) in [4.78, 5) is 27.6. The van der Waals surface area contributed by atoms with Crippen molar-refractivity contribution in [1.82, 2.24) is 4.90 Å². The van der Waals surface area contributed by atoms with Gasteiger partial charge in [-0.15, -0.1) is 11.6 Å². The van der Waals surface area contributed by atoms with Crippen molar-refractivity contribution in [3.05, 3.63) is 23.8 Å². The van der Waals surface area contributed by atoms with Crippen LogP contribution >= 0.6 is 11.6 Å². The van der Waals surface area contributed by atoms with Gasteiger partial charge in [0.05, 0.1) is 25.0 Å². The molecule has 7 nitrogen and oxygen atoms in total. The number of hydrogen-bond donors (Lipinski definition) is 3. The first kappa shape index (κ1) is 18.5. The number of esters is 1. The van der Waals surface area contributed by atoms with Crippen LogP contribution in [0.3, 0.4) is 0 Å². The lowest BCUT2D eigenvalue weighted by atomic mass is 9.84. The van der Waals surface area contributed by atoms with E-state index in [1.54, 1.807) is 0 Å². The first-order chi connectivity index (χ1) is 13.0. The Hall–Kier alpha value is -1.83. The lowest BCUT2D eigenvalue weighted by Gasteiger charge is -2.33. The number of halogens is 1. The van der Waals surface area contributed by atoms with Crippen molar-refractivity contribution in [2.75, 3.05) is 36.7 Å². The maximum atomic E-state index is 13.1. The highest BCUT2D eigenvalue weighted by atomic mass is 35.5. The fraction of sp³-hybridized carbons (Fsp3) is 0.579. The van der Waals surface area contributed by atoms with Crippen molar-refractivity contribution in [2.45, 2.75) is 36.9 Å². The third-order valence-corrected chi connectivity index (χ3v) is 6.44. The second-order valence-electron chi connectivity index (χ2n) is 7.50. The number of nitrogens with one attached hydrogen (secondary N) is 2. The molecule has 4 rings (SSSR count). The SMILES string of the molecule is COC(=O)C1CC2(C(=O)Nc3ccc(NCC(O)CCl)cc32)N2CCCC12. The van der Waals surface area contributed by atoms with E-state index >= 15 is 0 Å². The van der Waals surface area contributed by atoms with Gasteiger partial charge in [0, 0.05) is 29.5 Å². The summed E-state index contributed by atoms with van der Waals surface area (Å²) in [6.45, 7) is 1.11. The van der Waals surface area contributed by atoms with Crippen molar-refractivity contribution >= 4 is 34.9 Å². The number of carbonyl (C=O) groups excluding carboxylic acids is 2. The molecule has 2 saturated heterocycles. The molecule has 8 heteroatoms. The van der Waals surface area contributed by atoms with Gasteiger partial charge in [-0.25, -0.2) is 0 Å². The summed E-state index contributed by atoms with van der Waals surface area (Å²) in [7, 11) is 1.40. The van der Waals surface area contributed by atoms with Gasteiger partial charge in [-0.05, 0) is 44.0 Å². The van der Waals surface area contributed by atoms with Crippen molar-refractivity contribution in [3.63, 3.8) is 0 Å². The van der Waals surface area contributed by atoms with E-state index in [2.05, 4.69) is 15.5 Å². The van der Waals surface area contributed by atoms with Gasteiger partial charge >= 0.3 is 5.97 Å². The van der Waals surface area contributed by atoms with Crippen LogP contribution in [0.2, 0.25) is 0 Å². The number of hydrogen-bond acceptors (Lipinski definition) is 6. The summed E-state index contributed by atoms with van der Waals surface area (Å²) in [6.07, 6.45) is 1.63. The minimum Gasteiger partial charge on any atom is -0.469 e. The average molecular weight is 394 g/mol. The Morgan fingerprint density at radius 1 is 1.56 bits per heavy atom. The van der Waals surface area contributed by atoms with Crippen LogP contribution in [-0.4, -0.2) is 60.1 Å². The summed E-state index contributed by atoms with van der Waals surface area (Å²) in [5, 5.41) is 15.8. The number of rotatable bonds is 5. The smallest absolute Gasteiger partial charge is 0.310 e. The van der Waals surface area contributed by atoms with Gasteiger partial charge in [0.2, 0.25) is 5.91 Å². The monoisotopic (exact) mass is 393 g/mol. The maximum Gasteiger partial charge on any atom is 0.310 e. The summed E-state index contributed by atoms with van der Waals surface area (Å²) in [5.41, 5.74) is 1.64. The Balaban J connectivity index is 1.70. The third-order valence-electron chi connectivity index (χ3n) is 6.08. The highest BCUT2D eigenvalue weighted by molar-refractivity contribution is 6.18. The molecule has 1 aromatic carbocycles. The van der Waals surface area contributed by atoms with E-state index in [4.69, 9.17) is 16.3 Å². The zero-order valence-corrected chi connectivity index (χ0v) is 16.0. The minimum absolute atomic E-state index is 0.0313. The molecule has 1 spiro atoms. The lowest BCUT2D eigenvalue weighted by molar-refractivity contribution is -0.146. The standard InChI is InChI=1S/C19H24ClN3O4/c1-27-17(25)13-8-19(23-6-2-3-16(13)23)14-7-11(21-10-12(24)9-20)4-5-15(14)22-18(19)26/h4-5,7,12-13,16,21,24H,2-3,6,8-10H2,1H3,(H,22,26). The van der Waals surface area contributed by atoms with Gasteiger partial charge < -0.3 is 20.5 Å². The Kier molecular flexibility index (Phi) is 4.78. The Morgan fingerprint density at radius 2 is 2.37 bits per heavy atom. The number of fused-ring (bicyclic) bond motifs is 4. The summed E-state index contributed by atoms with van der Waals surface area (Å²) >= 11 is 5.65. The number of aliphatic hydroxyl groups excluding tert-OH is 1. The second kappa shape index (κ2) is 6.96. The molecule has 2 fully saturated rings. The number of anilines is 2. The number of carbonyl (C=O) groups is 2. The van der Waals surface area contributed by atoms with Crippen molar-refractivity contribution < 1.29 is 19.4 Å². The third kappa shape index (κ3) is 2.80. The predicted octanol–water partition coefficient (Wildman–Crippen LogP) is 1.50. The first-order valence-corrected chi connectivity index (χ1v) is 9.83. The van der Waals surface area contributed by atoms with Crippen molar-refractivity contribution in [1.29, 1.82) is 0 Å². The molecule has 3 N–H and O–H groups in total. The molecular weight excluding hydrogens is 370 g/mol. The molecule has 0 radical (unpaired) electrons. The zero-order chi connectivity index (χ0) is 19.2. The number of amides is 1. The van der Waals surface area contributed by atoms with Crippen LogP contribution in [0.15, 0.2) is 18.2 Å². The van der Waals surface area contributed by atoms with Crippen molar-refractivity contribution in [2.24, 2.45) is 5.92 Å². The topological polar surface area (TPSA) is 90.9 Å². The summed E-state index contributed by atoms with van der Waals surface area (Å²) in [5.74, 6) is -0.472. The van der Waals surface area contributed by atoms with Crippen LogP contribution in [0.1, 0.15) is 24.8 Å². The molecule has 3 heterocycles. The van der Waals surface area contributed by atoms with Crippen LogP contribution in [0.4, 0.5) is 11.4 Å². The van der Waals surface area contributed by atoms with Crippen LogP contribution in [0.5, 0.6) is 0 Å². The summed E-state index contributed by atoms with van der Waals surface area (Å²) < 4.78 is 5.02. The Labute approximate surface area is 163 Å². The minimum atomic E-state index is -0.835. The Morgan fingerprint density at radius 3 is 3.11 bits per heavy atom. The summed E-state index contributed by atoms with van der Waals surface area (Å²) in [6, 6.07) is 5.72. The number of nitrogens with zero attached hydrogens (tertiary/aromatic N) is 1. The maximum absolute atomic E-state index is 13.1. The molecular formula is C19H24ClN3O4. The van der Waals surface area contributed by atoms with Gasteiger partial charge in [0.25, 0.3) is 0 Å². The van der Waals surface area contributed by atoms with Crippen molar-refractivity contribution in [3.8, 4) is 0 Å². The highest BCUT2D eigenvalue weighted by Crippen LogP contribution is 2.54. The molecule has 0 aliphatic carbocycles. The number of benzene rings is 1. The molecule has 3 aliphatic rings. The molecule has 4 unspecified atom stereocenters. The Bertz CT molecular complexity index is 773. The lowest BCUT2D eigenvalue weighted by Crippen LogP contribution is -2.47. The van der Waals surface area contributed by atoms with Gasteiger partial charge in [0.15, 0.2) is 0 Å². The molecule has 27 heavy (non-hydrogen) atoms. The number of aliphatic hydroxyl groups is 1. The number of methoxy groups -OCH3 is 1. The molecule has 0 aromatic heterocycles. The number of alkyl halides is 1. The average Bonchev–Trinajstić information content (AvgIpc) is 3.34. The van der Waals surface area contributed by atoms with Crippen LogP contribution < -0.4 is 10.6 Å². The first-order valence-electron chi connectivity index (χ1n) is 9.29. The zero-order valence-electron chi connectivity index (χ0n) is 15.2. The van der Waals surface area contributed by atoms with Gasteiger partial charge in [-0.2, -0.15) is 0 Å². The molecule has 4 atom stereocenters. The van der Waals surface area contributed by atoms with Gasteiger partial charge in [0.1, 0.15) is 5.54 Å². The van der Waals surface area contributed by atoms with E-state index in [9.17, 15) is 14.7 Å². The normalized spacial score (nSPS) is 30.1. The van der Waals surface area contributed by atoms with E-state index < -0.39 is 11.6 Å². The number of ether oxygens (including phenoxy) is 1. The molecule has 0 bridgehead atoms. The molecule has 1 amide bonds. The molecule has 146 valence electrons. The molecule has 1 aromatic rings. The van der Waals surface area contributed by atoms with Crippen LogP contribution in [-0.2, 0) is 19.9 Å². The van der Waals surface area contributed by atoms with Crippen LogP contribution in [0.25, 0.3) is 0 Å². The van der Waals surface area contributed by atoms with E-state index in [1.807, 2.05) is 18.2 Å². The van der Waals surface area contributed by atoms with E-state index in [-0.39, 0.29) is 29.7 Å². The molecule has 0 saturated carbocycles. The predicted molar refractivity (Wildman–Crippen MR) is 102 cm³/mol. The van der Waals surface area contributed by atoms with E-state index in [0.717, 1.165) is 36.3 Å². The highest BCUT2D eigenvalue weighted by Gasteiger charge is 2.63. The van der Waals surface area contributed by atoms with Crippen LogP contribution in [0, 0.1) is 5.92 Å². The second-order valence-corrected chi connectivity index (χ2v) is 7.81. The van der Waals surface area contributed by atoms with Gasteiger partial charge in [-0.1, -0.05) is 0 Å². The fourth-order valence-electron chi connectivity index (χ4n) is 4.88. The largest absolute Gasteiger partial charge is 0.469 e.